The standard InChI is InChI=1S/C23H20F3NO4/c1-30-21(28)18-13-27(12-15-6-4-3-5-7-15)14-19(22(29)31-2)20(18)16-8-10-17(11-9-16)23(24,25)26/h3-11,13-14,20H,12H2,1-2H3. The predicted octanol–water partition coefficient (Wildman–Crippen LogP) is 4.42. The number of nitrogens with zero attached hydrogens (tertiary/aromatic N) is 1. The van der Waals surface area contributed by atoms with E-state index in [9.17, 15) is 22.8 Å². The van der Waals surface area contributed by atoms with Gasteiger partial charge in [0.1, 0.15) is 0 Å². The van der Waals surface area contributed by atoms with Gasteiger partial charge in [-0.15, -0.1) is 0 Å². The topological polar surface area (TPSA) is 55.8 Å². The second kappa shape index (κ2) is 9.07. The lowest BCUT2D eigenvalue weighted by molar-refractivity contribution is -0.138. The van der Waals surface area contributed by atoms with E-state index in [0.717, 1.165) is 17.7 Å². The van der Waals surface area contributed by atoms with Crippen molar-refractivity contribution in [1.29, 1.82) is 0 Å². The van der Waals surface area contributed by atoms with Gasteiger partial charge in [-0.1, -0.05) is 42.5 Å². The quantitative estimate of drug-likeness (QED) is 0.656. The van der Waals surface area contributed by atoms with Gasteiger partial charge in [-0.2, -0.15) is 13.2 Å². The van der Waals surface area contributed by atoms with E-state index in [2.05, 4.69) is 0 Å². The highest BCUT2D eigenvalue weighted by molar-refractivity contribution is 5.98. The zero-order chi connectivity index (χ0) is 22.6. The molecular formula is C23H20F3NO4. The van der Waals surface area contributed by atoms with Crippen LogP contribution in [0.3, 0.4) is 0 Å². The summed E-state index contributed by atoms with van der Waals surface area (Å²) in [4.78, 5) is 26.8. The maximum atomic E-state index is 13.0. The van der Waals surface area contributed by atoms with Crippen molar-refractivity contribution in [3.05, 3.63) is 94.8 Å². The van der Waals surface area contributed by atoms with Crippen LogP contribution in [0.25, 0.3) is 0 Å². The molecule has 0 N–H and O–H groups in total. The van der Waals surface area contributed by atoms with Gasteiger partial charge >= 0.3 is 18.1 Å². The van der Waals surface area contributed by atoms with Crippen molar-refractivity contribution in [2.75, 3.05) is 14.2 Å². The lowest BCUT2D eigenvalue weighted by Gasteiger charge is -2.30. The van der Waals surface area contributed by atoms with Gasteiger partial charge in [0.05, 0.1) is 36.8 Å². The molecule has 0 fully saturated rings. The van der Waals surface area contributed by atoms with Crippen LogP contribution in [0.2, 0.25) is 0 Å². The molecule has 8 heteroatoms. The number of esters is 2. The summed E-state index contributed by atoms with van der Waals surface area (Å²) in [7, 11) is 2.40. The maximum absolute atomic E-state index is 13.0. The Morgan fingerprint density at radius 1 is 0.871 bits per heavy atom. The molecule has 0 radical (unpaired) electrons. The zero-order valence-corrected chi connectivity index (χ0v) is 16.8. The number of hydrogen-bond donors (Lipinski definition) is 0. The van der Waals surface area contributed by atoms with Crippen LogP contribution in [0.1, 0.15) is 22.6 Å². The number of ether oxygens (including phenoxy) is 2. The third-order valence-electron chi connectivity index (χ3n) is 4.85. The Labute approximate surface area is 177 Å². The molecule has 0 unspecified atom stereocenters. The van der Waals surface area contributed by atoms with Crippen molar-refractivity contribution >= 4 is 11.9 Å². The van der Waals surface area contributed by atoms with Crippen LogP contribution in [0, 0.1) is 0 Å². The SMILES string of the molecule is COC(=O)C1=CN(Cc2ccccc2)C=C(C(=O)OC)C1c1ccc(C(F)(F)F)cc1. The Morgan fingerprint density at radius 3 is 1.84 bits per heavy atom. The molecule has 0 atom stereocenters. The van der Waals surface area contributed by atoms with E-state index in [0.29, 0.717) is 12.1 Å². The molecule has 0 bridgehead atoms. The Kier molecular flexibility index (Phi) is 6.48. The summed E-state index contributed by atoms with van der Waals surface area (Å²) < 4.78 is 48.7. The Morgan fingerprint density at radius 2 is 1.39 bits per heavy atom. The Bertz CT molecular complexity index is 977. The number of carbonyl (C=O) groups is 2. The molecule has 5 nitrogen and oxygen atoms in total. The van der Waals surface area contributed by atoms with Crippen LogP contribution in [-0.4, -0.2) is 31.1 Å². The summed E-state index contributed by atoms with van der Waals surface area (Å²) in [5.41, 5.74) is 0.657. The first-order valence-electron chi connectivity index (χ1n) is 9.31. The van der Waals surface area contributed by atoms with Crippen LogP contribution >= 0.6 is 0 Å². The molecule has 0 saturated carbocycles. The summed E-state index contributed by atoms with van der Waals surface area (Å²) in [5, 5.41) is 0. The highest BCUT2D eigenvalue weighted by Gasteiger charge is 2.36. The average molecular weight is 431 g/mol. The maximum Gasteiger partial charge on any atom is 0.416 e. The lowest BCUT2D eigenvalue weighted by atomic mass is 9.83. The normalized spacial score (nSPS) is 14.5. The molecule has 2 aromatic carbocycles. The largest absolute Gasteiger partial charge is 0.466 e. The Hall–Kier alpha value is -3.55. The molecule has 1 aliphatic rings. The van der Waals surface area contributed by atoms with E-state index in [-0.39, 0.29) is 11.1 Å². The number of alkyl halides is 3. The molecule has 0 saturated heterocycles. The zero-order valence-electron chi connectivity index (χ0n) is 16.8. The fourth-order valence-corrected chi connectivity index (χ4v) is 3.40. The van der Waals surface area contributed by atoms with E-state index in [4.69, 9.17) is 9.47 Å². The number of hydrogen-bond acceptors (Lipinski definition) is 5. The molecule has 31 heavy (non-hydrogen) atoms. The first-order valence-corrected chi connectivity index (χ1v) is 9.31. The molecule has 0 amide bonds. The summed E-state index contributed by atoms with van der Waals surface area (Å²) in [6.07, 6.45) is -1.43. The van der Waals surface area contributed by atoms with Gasteiger partial charge in [-0.3, -0.25) is 0 Å². The van der Waals surface area contributed by atoms with E-state index in [1.807, 2.05) is 30.3 Å². The van der Waals surface area contributed by atoms with Gasteiger partial charge in [0.25, 0.3) is 0 Å². The Balaban J connectivity index is 2.06. The number of rotatable bonds is 5. The molecule has 2 aromatic rings. The van der Waals surface area contributed by atoms with Gasteiger partial charge in [0.15, 0.2) is 0 Å². The monoisotopic (exact) mass is 431 g/mol. The molecule has 3 rings (SSSR count). The van der Waals surface area contributed by atoms with Crippen molar-refractivity contribution in [3.8, 4) is 0 Å². The van der Waals surface area contributed by atoms with E-state index >= 15 is 0 Å². The van der Waals surface area contributed by atoms with Gasteiger partial charge < -0.3 is 14.4 Å². The third-order valence-corrected chi connectivity index (χ3v) is 4.85. The molecule has 0 aliphatic carbocycles. The molecule has 1 aliphatic heterocycles. The van der Waals surface area contributed by atoms with Gasteiger partial charge in [-0.05, 0) is 23.3 Å². The first-order chi connectivity index (χ1) is 14.7. The number of methoxy groups -OCH3 is 2. The molecule has 1 heterocycles. The number of benzene rings is 2. The van der Waals surface area contributed by atoms with E-state index in [1.54, 1.807) is 4.90 Å². The van der Waals surface area contributed by atoms with E-state index < -0.39 is 29.6 Å². The van der Waals surface area contributed by atoms with Crippen molar-refractivity contribution in [1.82, 2.24) is 4.90 Å². The van der Waals surface area contributed by atoms with Gasteiger partial charge in [0, 0.05) is 18.9 Å². The van der Waals surface area contributed by atoms with E-state index in [1.165, 1.54) is 38.8 Å². The van der Waals surface area contributed by atoms with Crippen molar-refractivity contribution < 1.29 is 32.2 Å². The summed E-state index contributed by atoms with van der Waals surface area (Å²) in [5.74, 6) is -2.33. The second-order valence-electron chi connectivity index (χ2n) is 6.86. The van der Waals surface area contributed by atoms with Crippen molar-refractivity contribution in [2.45, 2.75) is 18.6 Å². The highest BCUT2D eigenvalue weighted by Crippen LogP contribution is 2.38. The van der Waals surface area contributed by atoms with Crippen LogP contribution in [0.15, 0.2) is 78.1 Å². The molecule has 0 spiro atoms. The minimum Gasteiger partial charge on any atom is -0.466 e. The van der Waals surface area contributed by atoms with Crippen molar-refractivity contribution in [3.63, 3.8) is 0 Å². The van der Waals surface area contributed by atoms with Gasteiger partial charge in [0.2, 0.25) is 0 Å². The average Bonchev–Trinajstić information content (AvgIpc) is 2.77. The minimum atomic E-state index is -4.50. The van der Waals surface area contributed by atoms with Crippen LogP contribution in [-0.2, 0) is 31.8 Å². The third kappa shape index (κ3) is 4.96. The molecule has 162 valence electrons. The first kappa shape index (κ1) is 22.1. The van der Waals surface area contributed by atoms with Crippen molar-refractivity contribution in [2.24, 2.45) is 0 Å². The summed E-state index contributed by atoms with van der Waals surface area (Å²) in [6.45, 7) is 0.363. The molecular weight excluding hydrogens is 411 g/mol. The number of halogens is 3. The second-order valence-corrected chi connectivity index (χ2v) is 6.86. The highest BCUT2D eigenvalue weighted by atomic mass is 19.4. The molecule has 0 aromatic heterocycles. The fraction of sp³-hybridized carbons (Fsp3) is 0.217. The van der Waals surface area contributed by atoms with Crippen LogP contribution in [0.5, 0.6) is 0 Å². The van der Waals surface area contributed by atoms with Crippen LogP contribution in [0.4, 0.5) is 13.2 Å². The summed E-state index contributed by atoms with van der Waals surface area (Å²) in [6, 6.07) is 13.7. The predicted molar refractivity (Wildman–Crippen MR) is 106 cm³/mol. The van der Waals surface area contributed by atoms with Crippen LogP contribution < -0.4 is 0 Å². The smallest absolute Gasteiger partial charge is 0.416 e. The fourth-order valence-electron chi connectivity index (χ4n) is 3.40. The van der Waals surface area contributed by atoms with Gasteiger partial charge in [-0.25, -0.2) is 9.59 Å². The number of carbonyl (C=O) groups excluding carboxylic acids is 2. The minimum absolute atomic E-state index is 0.112. The summed E-state index contributed by atoms with van der Waals surface area (Å²) >= 11 is 0. The lowest BCUT2D eigenvalue weighted by Crippen LogP contribution is -2.28.